The van der Waals surface area contributed by atoms with Gasteiger partial charge in [-0.05, 0) is 31.9 Å². The zero-order valence-corrected chi connectivity index (χ0v) is 9.21. The fraction of sp³-hybridized carbons (Fsp3) is 0.692. The van der Waals surface area contributed by atoms with Crippen molar-refractivity contribution in [2.24, 2.45) is 0 Å². The summed E-state index contributed by atoms with van der Waals surface area (Å²) in [6.45, 7) is 2.42. The van der Waals surface area contributed by atoms with E-state index < -0.39 is 0 Å². The Morgan fingerprint density at radius 2 is 1.36 bits per heavy atom. The molecule has 0 unspecified atom stereocenters. The maximum atomic E-state index is 2.42. The van der Waals surface area contributed by atoms with Crippen LogP contribution in [0.3, 0.4) is 0 Å². The molecule has 0 radical (unpaired) electrons. The molecule has 1 heterocycles. The Labute approximate surface area is 87.1 Å². The fourth-order valence-electron chi connectivity index (χ4n) is 2.62. The minimum Gasteiger partial charge on any atom is -0.349 e. The van der Waals surface area contributed by atoms with Gasteiger partial charge in [-0.1, -0.05) is 32.1 Å². The lowest BCUT2D eigenvalue weighted by Crippen LogP contribution is -2.29. The van der Waals surface area contributed by atoms with Crippen LogP contribution in [-0.2, 0) is 5.54 Å². The molecule has 0 saturated heterocycles. The topological polar surface area (TPSA) is 4.93 Å². The standard InChI is InChI=1S/C13H21N/c1-13(14-11-7-8-12-14)9-5-3-2-4-6-10-13/h7-8,11-12H,2-6,9-10H2,1H3. The highest BCUT2D eigenvalue weighted by molar-refractivity contribution is 4.97. The van der Waals surface area contributed by atoms with Crippen LogP contribution in [0.5, 0.6) is 0 Å². The van der Waals surface area contributed by atoms with E-state index in [1.54, 1.807) is 0 Å². The van der Waals surface area contributed by atoms with Crippen molar-refractivity contribution in [2.75, 3.05) is 0 Å². The molecule has 1 heteroatoms. The van der Waals surface area contributed by atoms with Crippen molar-refractivity contribution in [1.29, 1.82) is 0 Å². The maximum Gasteiger partial charge on any atom is 0.0411 e. The third-order valence-electron chi connectivity index (χ3n) is 3.66. The molecule has 1 aromatic rings. The maximum absolute atomic E-state index is 2.42. The zero-order chi connectivity index (χ0) is 9.86. The summed E-state index contributed by atoms with van der Waals surface area (Å²) in [5, 5.41) is 0. The summed E-state index contributed by atoms with van der Waals surface area (Å²) in [5.74, 6) is 0. The van der Waals surface area contributed by atoms with Gasteiger partial charge in [0.15, 0.2) is 0 Å². The predicted octanol–water partition coefficient (Wildman–Crippen LogP) is 3.95. The fourth-order valence-corrected chi connectivity index (χ4v) is 2.62. The average molecular weight is 191 g/mol. The smallest absolute Gasteiger partial charge is 0.0411 e. The van der Waals surface area contributed by atoms with E-state index in [1.165, 1.54) is 44.9 Å². The van der Waals surface area contributed by atoms with Gasteiger partial charge in [-0.3, -0.25) is 0 Å². The molecule has 14 heavy (non-hydrogen) atoms. The second-order valence-corrected chi connectivity index (χ2v) is 4.86. The summed E-state index contributed by atoms with van der Waals surface area (Å²) in [4.78, 5) is 0. The molecule has 0 amide bonds. The first-order valence-electron chi connectivity index (χ1n) is 5.95. The van der Waals surface area contributed by atoms with E-state index in [4.69, 9.17) is 0 Å². The Morgan fingerprint density at radius 3 is 1.93 bits per heavy atom. The lowest BCUT2D eigenvalue weighted by atomic mass is 9.85. The first-order chi connectivity index (χ1) is 6.81. The number of aromatic nitrogens is 1. The van der Waals surface area contributed by atoms with Crippen LogP contribution in [0.1, 0.15) is 51.9 Å². The highest BCUT2D eigenvalue weighted by atomic mass is 15.0. The van der Waals surface area contributed by atoms with E-state index in [-0.39, 0.29) is 0 Å². The van der Waals surface area contributed by atoms with E-state index in [1.807, 2.05) is 0 Å². The van der Waals surface area contributed by atoms with Gasteiger partial charge in [0.2, 0.25) is 0 Å². The highest BCUT2D eigenvalue weighted by Crippen LogP contribution is 2.32. The lowest BCUT2D eigenvalue weighted by molar-refractivity contribution is 0.238. The second-order valence-electron chi connectivity index (χ2n) is 4.86. The minimum atomic E-state index is 0.393. The van der Waals surface area contributed by atoms with Gasteiger partial charge >= 0.3 is 0 Å². The predicted molar refractivity (Wildman–Crippen MR) is 60.4 cm³/mol. The van der Waals surface area contributed by atoms with E-state index in [0.29, 0.717) is 5.54 Å². The van der Waals surface area contributed by atoms with Crippen molar-refractivity contribution < 1.29 is 0 Å². The Bertz CT molecular complexity index is 253. The van der Waals surface area contributed by atoms with Gasteiger partial charge in [0.05, 0.1) is 0 Å². The van der Waals surface area contributed by atoms with Crippen molar-refractivity contribution >= 4 is 0 Å². The molecule has 0 bridgehead atoms. The molecular weight excluding hydrogens is 170 g/mol. The molecule has 1 aromatic heterocycles. The molecule has 1 nitrogen and oxygen atoms in total. The number of nitrogens with zero attached hydrogens (tertiary/aromatic N) is 1. The molecule has 0 aliphatic heterocycles. The number of hydrogen-bond acceptors (Lipinski definition) is 0. The van der Waals surface area contributed by atoms with Crippen molar-refractivity contribution in [2.45, 2.75) is 57.4 Å². The van der Waals surface area contributed by atoms with Gasteiger partial charge in [0.25, 0.3) is 0 Å². The van der Waals surface area contributed by atoms with Crippen LogP contribution >= 0.6 is 0 Å². The van der Waals surface area contributed by atoms with Crippen LogP contribution in [0, 0.1) is 0 Å². The first-order valence-corrected chi connectivity index (χ1v) is 5.95. The van der Waals surface area contributed by atoms with Crippen molar-refractivity contribution in [1.82, 2.24) is 4.57 Å². The zero-order valence-electron chi connectivity index (χ0n) is 9.21. The summed E-state index contributed by atoms with van der Waals surface area (Å²) in [7, 11) is 0. The quantitative estimate of drug-likeness (QED) is 0.633. The van der Waals surface area contributed by atoms with Gasteiger partial charge in [-0.25, -0.2) is 0 Å². The molecule has 0 spiro atoms. The van der Waals surface area contributed by atoms with Gasteiger partial charge < -0.3 is 4.57 Å². The Kier molecular flexibility index (Phi) is 2.95. The summed E-state index contributed by atoms with van der Waals surface area (Å²) in [6.07, 6.45) is 14.2. The normalized spacial score (nSPS) is 22.6. The van der Waals surface area contributed by atoms with Gasteiger partial charge in [0, 0.05) is 17.9 Å². The molecule has 0 N–H and O–H groups in total. The van der Waals surface area contributed by atoms with Crippen molar-refractivity contribution in [3.05, 3.63) is 24.5 Å². The SMILES string of the molecule is CC1(n2cccc2)CCCCCCC1. The van der Waals surface area contributed by atoms with Gasteiger partial charge in [-0.15, -0.1) is 0 Å². The Balaban J connectivity index is 2.11. The molecular formula is C13H21N. The largest absolute Gasteiger partial charge is 0.349 e. The molecule has 1 fully saturated rings. The summed E-state index contributed by atoms with van der Waals surface area (Å²) in [5.41, 5.74) is 0.393. The monoisotopic (exact) mass is 191 g/mol. The molecule has 0 atom stereocenters. The summed E-state index contributed by atoms with van der Waals surface area (Å²) < 4.78 is 2.42. The Morgan fingerprint density at radius 1 is 0.857 bits per heavy atom. The van der Waals surface area contributed by atoms with Gasteiger partial charge in [-0.2, -0.15) is 0 Å². The molecule has 1 aliphatic carbocycles. The van der Waals surface area contributed by atoms with E-state index in [2.05, 4.69) is 36.0 Å². The summed E-state index contributed by atoms with van der Waals surface area (Å²) in [6, 6.07) is 4.29. The molecule has 0 aromatic carbocycles. The third-order valence-corrected chi connectivity index (χ3v) is 3.66. The first kappa shape index (κ1) is 9.82. The van der Waals surface area contributed by atoms with Crippen LogP contribution in [0.25, 0.3) is 0 Å². The van der Waals surface area contributed by atoms with Crippen molar-refractivity contribution in [3.8, 4) is 0 Å². The third kappa shape index (κ3) is 2.02. The van der Waals surface area contributed by atoms with Gasteiger partial charge in [0.1, 0.15) is 0 Å². The van der Waals surface area contributed by atoms with E-state index >= 15 is 0 Å². The lowest BCUT2D eigenvalue weighted by Gasteiger charge is -2.33. The molecule has 1 aliphatic rings. The van der Waals surface area contributed by atoms with Crippen LogP contribution in [0.2, 0.25) is 0 Å². The van der Waals surface area contributed by atoms with Crippen LogP contribution in [0.4, 0.5) is 0 Å². The van der Waals surface area contributed by atoms with Crippen molar-refractivity contribution in [3.63, 3.8) is 0 Å². The second kappa shape index (κ2) is 4.20. The minimum absolute atomic E-state index is 0.393. The molecule has 1 saturated carbocycles. The average Bonchev–Trinajstić information content (AvgIpc) is 2.65. The number of hydrogen-bond donors (Lipinski definition) is 0. The van der Waals surface area contributed by atoms with E-state index in [0.717, 1.165) is 0 Å². The Hall–Kier alpha value is -0.720. The van der Waals surface area contributed by atoms with Crippen LogP contribution < -0.4 is 0 Å². The molecule has 2 rings (SSSR count). The number of rotatable bonds is 1. The van der Waals surface area contributed by atoms with E-state index in [9.17, 15) is 0 Å². The van der Waals surface area contributed by atoms with Crippen LogP contribution in [0.15, 0.2) is 24.5 Å². The molecule has 78 valence electrons. The van der Waals surface area contributed by atoms with Crippen LogP contribution in [-0.4, -0.2) is 4.57 Å². The highest BCUT2D eigenvalue weighted by Gasteiger charge is 2.25. The summed E-state index contributed by atoms with van der Waals surface area (Å²) >= 11 is 0.